The summed E-state index contributed by atoms with van der Waals surface area (Å²) < 4.78 is 5.70. The molecule has 0 unspecified atom stereocenters. The first-order valence-electron chi connectivity index (χ1n) is 7.10. The Bertz CT molecular complexity index is 658. The molecule has 1 aromatic carbocycles. The van der Waals surface area contributed by atoms with E-state index in [1.165, 1.54) is 11.3 Å². The number of ether oxygens (including phenoxy) is 1. The normalized spacial score (nSPS) is 14.7. The monoisotopic (exact) mass is 318 g/mol. The number of amides is 1. The lowest BCUT2D eigenvalue weighted by Crippen LogP contribution is -2.37. The van der Waals surface area contributed by atoms with Crippen molar-refractivity contribution < 1.29 is 9.53 Å². The van der Waals surface area contributed by atoms with Crippen molar-refractivity contribution in [2.45, 2.75) is 13.1 Å². The van der Waals surface area contributed by atoms with Crippen molar-refractivity contribution in [3.05, 3.63) is 40.9 Å². The van der Waals surface area contributed by atoms with Crippen molar-refractivity contribution in [2.24, 2.45) is 0 Å². The molecular weight excluding hydrogens is 300 g/mol. The summed E-state index contributed by atoms with van der Waals surface area (Å²) in [6.45, 7) is 2.79. The van der Waals surface area contributed by atoms with Crippen LogP contribution in [0.3, 0.4) is 0 Å². The third-order valence-electron chi connectivity index (χ3n) is 3.44. The van der Waals surface area contributed by atoms with Crippen LogP contribution in [0.2, 0.25) is 0 Å². The predicted octanol–water partition coefficient (Wildman–Crippen LogP) is 1.24. The van der Waals surface area contributed by atoms with Crippen LogP contribution < -0.4 is 15.8 Å². The van der Waals surface area contributed by atoms with Crippen LogP contribution in [-0.4, -0.2) is 35.5 Å². The number of nitrogen functional groups attached to an aromatic ring is 1. The molecule has 2 aromatic rings. The Kier molecular flexibility index (Phi) is 4.55. The molecule has 22 heavy (non-hydrogen) atoms. The van der Waals surface area contributed by atoms with Crippen LogP contribution in [0.15, 0.2) is 29.6 Å². The van der Waals surface area contributed by atoms with Crippen LogP contribution >= 0.6 is 11.3 Å². The summed E-state index contributed by atoms with van der Waals surface area (Å²) in [5.74, 6) is 0.884. The number of nitrogens with zero attached hydrogens (tertiary/aromatic N) is 2. The Morgan fingerprint density at radius 3 is 3.14 bits per heavy atom. The highest BCUT2D eigenvalue weighted by Gasteiger charge is 2.17. The molecule has 0 saturated carbocycles. The summed E-state index contributed by atoms with van der Waals surface area (Å²) in [6.07, 6.45) is 0. The fourth-order valence-electron chi connectivity index (χ4n) is 2.37. The first-order chi connectivity index (χ1) is 10.7. The maximum Gasteiger partial charge on any atom is 0.234 e. The zero-order chi connectivity index (χ0) is 15.4. The molecule has 3 N–H and O–H groups in total. The van der Waals surface area contributed by atoms with Gasteiger partial charge in [0.25, 0.3) is 0 Å². The maximum absolute atomic E-state index is 12.1. The van der Waals surface area contributed by atoms with Gasteiger partial charge in [0.1, 0.15) is 12.4 Å². The summed E-state index contributed by atoms with van der Waals surface area (Å²) in [7, 11) is 0. The lowest BCUT2D eigenvalue weighted by molar-refractivity contribution is -0.122. The summed E-state index contributed by atoms with van der Waals surface area (Å²) in [6, 6.07) is 7.94. The largest absolute Gasteiger partial charge is 0.492 e. The molecule has 1 aliphatic rings. The van der Waals surface area contributed by atoms with Crippen LogP contribution in [0.1, 0.15) is 11.3 Å². The van der Waals surface area contributed by atoms with Gasteiger partial charge < -0.3 is 15.8 Å². The Morgan fingerprint density at radius 2 is 2.32 bits per heavy atom. The SMILES string of the molecule is Nc1nc(CNC(=O)CN2CCOc3ccccc3C2)cs1. The second kappa shape index (κ2) is 6.76. The minimum absolute atomic E-state index is 0.0223. The minimum atomic E-state index is -0.0223. The molecule has 0 aliphatic carbocycles. The fourth-order valence-corrected chi connectivity index (χ4v) is 2.93. The van der Waals surface area contributed by atoms with Crippen LogP contribution in [0.4, 0.5) is 5.13 Å². The van der Waals surface area contributed by atoms with Crippen LogP contribution in [0.5, 0.6) is 5.75 Å². The van der Waals surface area contributed by atoms with Crippen molar-refractivity contribution in [3.63, 3.8) is 0 Å². The van der Waals surface area contributed by atoms with Crippen LogP contribution in [-0.2, 0) is 17.9 Å². The number of para-hydroxylation sites is 1. The highest BCUT2D eigenvalue weighted by molar-refractivity contribution is 7.13. The van der Waals surface area contributed by atoms with Crippen molar-refractivity contribution in [1.29, 1.82) is 0 Å². The van der Waals surface area contributed by atoms with Gasteiger partial charge in [-0.15, -0.1) is 11.3 Å². The predicted molar refractivity (Wildman–Crippen MR) is 85.6 cm³/mol. The molecule has 0 atom stereocenters. The van der Waals surface area contributed by atoms with E-state index in [4.69, 9.17) is 10.5 Å². The fraction of sp³-hybridized carbons (Fsp3) is 0.333. The molecule has 6 nitrogen and oxygen atoms in total. The lowest BCUT2D eigenvalue weighted by atomic mass is 10.2. The third kappa shape index (κ3) is 3.75. The second-order valence-electron chi connectivity index (χ2n) is 5.12. The number of carbonyl (C=O) groups is 1. The molecule has 1 aliphatic heterocycles. The standard InChI is InChI=1S/C15H18N4O2S/c16-15-18-12(10-22-15)7-17-14(20)9-19-5-6-21-13-4-2-1-3-11(13)8-19/h1-4,10H,5-9H2,(H2,16,18)(H,17,20). The number of nitrogens with one attached hydrogen (secondary N) is 1. The second-order valence-corrected chi connectivity index (χ2v) is 6.01. The van der Waals surface area contributed by atoms with E-state index < -0.39 is 0 Å². The van der Waals surface area contributed by atoms with E-state index in [1.54, 1.807) is 0 Å². The molecule has 0 bridgehead atoms. The van der Waals surface area contributed by atoms with Crippen molar-refractivity contribution >= 4 is 22.4 Å². The van der Waals surface area contributed by atoms with E-state index in [9.17, 15) is 4.79 Å². The number of aromatic nitrogens is 1. The third-order valence-corrected chi connectivity index (χ3v) is 4.16. The van der Waals surface area contributed by atoms with Crippen LogP contribution in [0, 0.1) is 0 Å². The maximum atomic E-state index is 12.1. The Labute approximate surface area is 132 Å². The van der Waals surface area contributed by atoms with Gasteiger partial charge in [-0.3, -0.25) is 9.69 Å². The number of rotatable bonds is 4. The number of anilines is 1. The Morgan fingerprint density at radius 1 is 1.45 bits per heavy atom. The molecule has 0 radical (unpaired) electrons. The van der Waals surface area contributed by atoms with E-state index in [1.807, 2.05) is 29.6 Å². The van der Waals surface area contributed by atoms with Gasteiger partial charge in [-0.1, -0.05) is 18.2 Å². The van der Waals surface area contributed by atoms with Gasteiger partial charge in [-0.05, 0) is 6.07 Å². The van der Waals surface area contributed by atoms with E-state index >= 15 is 0 Å². The number of thiazole rings is 1. The molecule has 2 heterocycles. The summed E-state index contributed by atoms with van der Waals surface area (Å²) >= 11 is 1.38. The van der Waals surface area contributed by atoms with Gasteiger partial charge in [0.2, 0.25) is 5.91 Å². The Hall–Kier alpha value is -2.12. The topological polar surface area (TPSA) is 80.5 Å². The quantitative estimate of drug-likeness (QED) is 0.886. The van der Waals surface area contributed by atoms with Gasteiger partial charge >= 0.3 is 0 Å². The number of carbonyl (C=O) groups excluding carboxylic acids is 1. The number of hydrogen-bond donors (Lipinski definition) is 2. The molecule has 1 amide bonds. The lowest BCUT2D eigenvalue weighted by Gasteiger charge is -2.18. The summed E-state index contributed by atoms with van der Waals surface area (Å²) in [5.41, 5.74) is 7.47. The highest BCUT2D eigenvalue weighted by atomic mass is 32.1. The Balaban J connectivity index is 1.53. The molecule has 3 rings (SSSR count). The van der Waals surface area contributed by atoms with Gasteiger partial charge in [0.15, 0.2) is 5.13 Å². The molecular formula is C15H18N4O2S. The molecule has 0 fully saturated rings. The molecule has 7 heteroatoms. The molecule has 0 saturated heterocycles. The molecule has 0 spiro atoms. The zero-order valence-corrected chi connectivity index (χ0v) is 12.9. The van der Waals surface area contributed by atoms with Gasteiger partial charge in [0, 0.05) is 24.0 Å². The highest BCUT2D eigenvalue weighted by Crippen LogP contribution is 2.22. The van der Waals surface area contributed by atoms with E-state index in [0.29, 0.717) is 31.4 Å². The number of nitrogens with two attached hydrogens (primary N) is 1. The van der Waals surface area contributed by atoms with Gasteiger partial charge in [0.05, 0.1) is 18.8 Å². The molecule has 1 aromatic heterocycles. The van der Waals surface area contributed by atoms with Crippen molar-refractivity contribution in [1.82, 2.24) is 15.2 Å². The average molecular weight is 318 g/mol. The van der Waals surface area contributed by atoms with E-state index in [0.717, 1.165) is 23.6 Å². The first kappa shape index (κ1) is 14.8. The van der Waals surface area contributed by atoms with Gasteiger partial charge in [-0.2, -0.15) is 0 Å². The molecule has 116 valence electrons. The minimum Gasteiger partial charge on any atom is -0.492 e. The average Bonchev–Trinajstić information content (AvgIpc) is 2.81. The first-order valence-corrected chi connectivity index (χ1v) is 7.98. The van der Waals surface area contributed by atoms with E-state index in [-0.39, 0.29) is 5.91 Å². The zero-order valence-electron chi connectivity index (χ0n) is 12.1. The number of fused-ring (bicyclic) bond motifs is 1. The smallest absolute Gasteiger partial charge is 0.234 e. The van der Waals surface area contributed by atoms with Crippen LogP contribution in [0.25, 0.3) is 0 Å². The number of benzene rings is 1. The van der Waals surface area contributed by atoms with Gasteiger partial charge in [-0.25, -0.2) is 4.98 Å². The summed E-state index contributed by atoms with van der Waals surface area (Å²) in [5, 5.41) is 5.24. The van der Waals surface area contributed by atoms with Crippen molar-refractivity contribution in [2.75, 3.05) is 25.4 Å². The van der Waals surface area contributed by atoms with E-state index in [2.05, 4.69) is 15.2 Å². The number of hydrogen-bond acceptors (Lipinski definition) is 6. The van der Waals surface area contributed by atoms with Crippen molar-refractivity contribution in [3.8, 4) is 5.75 Å². The summed E-state index contributed by atoms with van der Waals surface area (Å²) in [4.78, 5) is 18.3.